The van der Waals surface area contributed by atoms with Gasteiger partial charge in [-0.25, -0.2) is 0 Å². The molecule has 0 aliphatic carbocycles. The number of hydrogen-bond donors (Lipinski definition) is 2. The summed E-state index contributed by atoms with van der Waals surface area (Å²) in [5.74, 6) is -0.100. The molecule has 0 radical (unpaired) electrons. The van der Waals surface area contributed by atoms with Crippen molar-refractivity contribution in [3.8, 4) is 0 Å². The number of benzene rings is 1. The first kappa shape index (κ1) is 13.6. The van der Waals surface area contributed by atoms with E-state index in [9.17, 15) is 9.59 Å². The monoisotopic (exact) mass is 260 g/mol. The summed E-state index contributed by atoms with van der Waals surface area (Å²) in [5, 5.41) is 5.65. The first-order valence-corrected chi connectivity index (χ1v) is 6.87. The number of nitrogens with one attached hydrogen (secondary N) is 2. The van der Waals surface area contributed by atoms with Crippen LogP contribution in [0, 0.1) is 0 Å². The highest BCUT2D eigenvalue weighted by molar-refractivity contribution is 5.87. The fourth-order valence-electron chi connectivity index (χ4n) is 2.25. The molecule has 0 spiro atoms. The van der Waals surface area contributed by atoms with Gasteiger partial charge in [-0.15, -0.1) is 0 Å². The van der Waals surface area contributed by atoms with Crippen LogP contribution in [0.25, 0.3) is 0 Å². The molecule has 2 amide bonds. The van der Waals surface area contributed by atoms with Crippen LogP contribution in [0.5, 0.6) is 0 Å². The Morgan fingerprint density at radius 2 is 2.05 bits per heavy atom. The summed E-state index contributed by atoms with van der Waals surface area (Å²) in [7, 11) is 0. The van der Waals surface area contributed by atoms with Crippen molar-refractivity contribution in [3.63, 3.8) is 0 Å². The molecule has 1 heterocycles. The van der Waals surface area contributed by atoms with Crippen molar-refractivity contribution < 1.29 is 9.59 Å². The third kappa shape index (κ3) is 4.39. The molecule has 2 rings (SSSR count). The van der Waals surface area contributed by atoms with Crippen LogP contribution in [-0.4, -0.2) is 24.4 Å². The summed E-state index contributed by atoms with van der Waals surface area (Å²) < 4.78 is 0. The Labute approximate surface area is 113 Å². The summed E-state index contributed by atoms with van der Waals surface area (Å²) in [4.78, 5) is 23.5. The molecular weight excluding hydrogens is 240 g/mol. The number of carbonyl (C=O) groups excluding carboxylic acids is 2. The van der Waals surface area contributed by atoms with Crippen molar-refractivity contribution in [2.45, 2.75) is 38.1 Å². The Kier molecular flexibility index (Phi) is 4.95. The topological polar surface area (TPSA) is 58.2 Å². The molecule has 4 nitrogen and oxygen atoms in total. The van der Waals surface area contributed by atoms with Crippen LogP contribution in [0.15, 0.2) is 30.3 Å². The lowest BCUT2D eigenvalue weighted by molar-refractivity contribution is -0.128. The molecule has 1 aromatic rings. The number of aryl methyl sites for hydroxylation is 1. The second-order valence-corrected chi connectivity index (χ2v) is 4.89. The highest BCUT2D eigenvalue weighted by Crippen LogP contribution is 2.07. The van der Waals surface area contributed by atoms with Crippen LogP contribution >= 0.6 is 0 Å². The lowest BCUT2D eigenvalue weighted by Gasteiger charge is -2.15. The zero-order chi connectivity index (χ0) is 13.5. The Hall–Kier alpha value is -1.84. The molecule has 1 saturated heterocycles. The Bertz CT molecular complexity index is 431. The van der Waals surface area contributed by atoms with E-state index in [0.29, 0.717) is 12.8 Å². The second-order valence-electron chi connectivity index (χ2n) is 4.89. The van der Waals surface area contributed by atoms with Crippen LogP contribution in [-0.2, 0) is 16.0 Å². The number of carbonyl (C=O) groups is 2. The van der Waals surface area contributed by atoms with Crippen molar-refractivity contribution in [1.29, 1.82) is 0 Å². The first-order chi connectivity index (χ1) is 9.25. The number of rotatable bonds is 4. The van der Waals surface area contributed by atoms with Crippen molar-refractivity contribution in [2.75, 3.05) is 6.54 Å². The van der Waals surface area contributed by atoms with Crippen LogP contribution in [0.4, 0.5) is 0 Å². The molecule has 0 bridgehead atoms. The predicted molar refractivity (Wildman–Crippen MR) is 73.6 cm³/mol. The van der Waals surface area contributed by atoms with Crippen molar-refractivity contribution >= 4 is 11.8 Å². The van der Waals surface area contributed by atoms with Crippen LogP contribution in [0.1, 0.15) is 31.2 Å². The lowest BCUT2D eigenvalue weighted by atomic mass is 10.1. The van der Waals surface area contributed by atoms with Gasteiger partial charge in [0.15, 0.2) is 0 Å². The van der Waals surface area contributed by atoms with E-state index in [0.717, 1.165) is 31.4 Å². The highest BCUT2D eigenvalue weighted by Gasteiger charge is 2.21. The number of hydrogen-bond acceptors (Lipinski definition) is 2. The van der Waals surface area contributed by atoms with Gasteiger partial charge in [-0.05, 0) is 31.2 Å². The van der Waals surface area contributed by atoms with Crippen LogP contribution in [0.3, 0.4) is 0 Å². The van der Waals surface area contributed by atoms with Gasteiger partial charge in [-0.3, -0.25) is 9.59 Å². The molecule has 1 aromatic carbocycles. The molecule has 102 valence electrons. The van der Waals surface area contributed by atoms with Gasteiger partial charge < -0.3 is 10.6 Å². The van der Waals surface area contributed by atoms with Crippen LogP contribution in [0.2, 0.25) is 0 Å². The van der Waals surface area contributed by atoms with Gasteiger partial charge in [0.05, 0.1) is 0 Å². The zero-order valence-corrected chi connectivity index (χ0v) is 11.0. The van der Waals surface area contributed by atoms with Gasteiger partial charge in [0, 0.05) is 13.0 Å². The van der Waals surface area contributed by atoms with Crippen LogP contribution < -0.4 is 10.6 Å². The smallest absolute Gasteiger partial charge is 0.242 e. The molecular formula is C15H20N2O2. The van der Waals surface area contributed by atoms with Gasteiger partial charge in [0.25, 0.3) is 0 Å². The minimum atomic E-state index is -0.356. The van der Waals surface area contributed by atoms with E-state index in [2.05, 4.69) is 10.6 Å². The van der Waals surface area contributed by atoms with E-state index in [1.807, 2.05) is 30.3 Å². The quantitative estimate of drug-likeness (QED) is 0.860. The van der Waals surface area contributed by atoms with E-state index in [1.165, 1.54) is 0 Å². The maximum Gasteiger partial charge on any atom is 0.242 e. The summed E-state index contributed by atoms with van der Waals surface area (Å²) in [5.41, 5.74) is 1.14. The fraction of sp³-hybridized carbons (Fsp3) is 0.467. The van der Waals surface area contributed by atoms with Gasteiger partial charge >= 0.3 is 0 Å². The minimum Gasteiger partial charge on any atom is -0.354 e. The average Bonchev–Trinajstić information content (AvgIpc) is 2.63. The first-order valence-electron chi connectivity index (χ1n) is 6.87. The van der Waals surface area contributed by atoms with E-state index >= 15 is 0 Å². The summed E-state index contributed by atoms with van der Waals surface area (Å²) in [6.45, 7) is 0.717. The zero-order valence-electron chi connectivity index (χ0n) is 11.0. The van der Waals surface area contributed by atoms with Gasteiger partial charge in [0.2, 0.25) is 11.8 Å². The largest absolute Gasteiger partial charge is 0.354 e. The molecule has 0 saturated carbocycles. The lowest BCUT2D eigenvalue weighted by Crippen LogP contribution is -2.45. The summed E-state index contributed by atoms with van der Waals surface area (Å²) in [6, 6.07) is 9.54. The fourth-order valence-corrected chi connectivity index (χ4v) is 2.25. The molecule has 1 aliphatic rings. The minimum absolute atomic E-state index is 0.0501. The summed E-state index contributed by atoms with van der Waals surface area (Å²) >= 11 is 0. The standard InChI is InChI=1S/C15H20N2O2/c18-14(10-9-12-6-2-1-3-7-12)17-13-8-4-5-11-16-15(13)19/h1-3,6-7,13H,4-5,8-11H2,(H,16,19)(H,17,18)/t13-/m0/s1. The molecule has 0 aromatic heterocycles. The molecule has 1 fully saturated rings. The SMILES string of the molecule is O=C(CCc1ccccc1)N[C@H]1CCCCNC1=O. The Balaban J connectivity index is 1.79. The van der Waals surface area contributed by atoms with Crippen molar-refractivity contribution in [1.82, 2.24) is 10.6 Å². The summed E-state index contributed by atoms with van der Waals surface area (Å²) in [6.07, 6.45) is 3.84. The van der Waals surface area contributed by atoms with E-state index < -0.39 is 0 Å². The molecule has 4 heteroatoms. The predicted octanol–water partition coefficient (Wildman–Crippen LogP) is 1.40. The molecule has 19 heavy (non-hydrogen) atoms. The van der Waals surface area contributed by atoms with Crippen molar-refractivity contribution in [2.24, 2.45) is 0 Å². The Morgan fingerprint density at radius 1 is 1.26 bits per heavy atom. The highest BCUT2D eigenvalue weighted by atomic mass is 16.2. The molecule has 2 N–H and O–H groups in total. The average molecular weight is 260 g/mol. The third-order valence-corrected chi connectivity index (χ3v) is 3.35. The number of amides is 2. The van der Waals surface area contributed by atoms with Gasteiger partial charge in [-0.2, -0.15) is 0 Å². The molecule has 1 aliphatic heterocycles. The van der Waals surface area contributed by atoms with E-state index in [4.69, 9.17) is 0 Å². The second kappa shape index (κ2) is 6.92. The third-order valence-electron chi connectivity index (χ3n) is 3.35. The normalized spacial score (nSPS) is 19.4. The van der Waals surface area contributed by atoms with E-state index in [-0.39, 0.29) is 17.9 Å². The molecule has 1 atom stereocenters. The van der Waals surface area contributed by atoms with Crippen molar-refractivity contribution in [3.05, 3.63) is 35.9 Å². The van der Waals surface area contributed by atoms with Gasteiger partial charge in [0.1, 0.15) is 6.04 Å². The van der Waals surface area contributed by atoms with Gasteiger partial charge in [-0.1, -0.05) is 30.3 Å². The van der Waals surface area contributed by atoms with E-state index in [1.54, 1.807) is 0 Å². The maximum absolute atomic E-state index is 11.9. The molecule has 0 unspecified atom stereocenters. The Morgan fingerprint density at radius 3 is 2.84 bits per heavy atom. The maximum atomic E-state index is 11.9.